The highest BCUT2D eigenvalue weighted by Gasteiger charge is 2.36. The van der Waals surface area contributed by atoms with Crippen LogP contribution in [0.25, 0.3) is 0 Å². The molecule has 5 nitrogen and oxygen atoms in total. The monoisotopic (exact) mass is 346 g/mol. The predicted octanol–water partition coefficient (Wildman–Crippen LogP) is 1.14. The van der Waals surface area contributed by atoms with Crippen LogP contribution in [-0.4, -0.2) is 42.9 Å². The smallest absolute Gasteiger partial charge is 0.237 e. The molecule has 1 aromatic rings. The average Bonchev–Trinajstić information content (AvgIpc) is 2.87. The number of carbonyl (C=O) groups is 1. The molecule has 2 aliphatic rings. The van der Waals surface area contributed by atoms with E-state index in [0.29, 0.717) is 19.8 Å². The Morgan fingerprint density at radius 3 is 2.70 bits per heavy atom. The van der Waals surface area contributed by atoms with Gasteiger partial charge in [0.2, 0.25) is 5.91 Å². The van der Waals surface area contributed by atoms with Crippen LogP contribution in [0.2, 0.25) is 5.02 Å². The number of ether oxygens (including phenoxy) is 1. The molecule has 1 amide bonds. The van der Waals surface area contributed by atoms with Gasteiger partial charge in [-0.3, -0.25) is 4.79 Å². The summed E-state index contributed by atoms with van der Waals surface area (Å²) in [7, 11) is 0. The number of rotatable bonds is 4. The fourth-order valence-electron chi connectivity index (χ4n) is 2.84. The van der Waals surface area contributed by atoms with Gasteiger partial charge in [-0.25, -0.2) is 8.78 Å². The van der Waals surface area contributed by atoms with Crippen molar-refractivity contribution in [1.82, 2.24) is 10.6 Å². The van der Waals surface area contributed by atoms with Crippen LogP contribution in [0.15, 0.2) is 12.1 Å². The SMILES string of the molecule is O=C(N[C@@H](c1cc(F)c(Cl)cc1F)C1COC1)C1C[C@H](O)CN1. The Morgan fingerprint density at radius 2 is 2.13 bits per heavy atom. The van der Waals surface area contributed by atoms with Crippen molar-refractivity contribution in [2.75, 3.05) is 19.8 Å². The second-order valence-corrected chi connectivity index (χ2v) is 6.33. The lowest BCUT2D eigenvalue weighted by molar-refractivity contribution is -0.126. The molecule has 0 bridgehead atoms. The zero-order valence-corrected chi connectivity index (χ0v) is 12.9. The van der Waals surface area contributed by atoms with Gasteiger partial charge in [-0.05, 0) is 18.6 Å². The summed E-state index contributed by atoms with van der Waals surface area (Å²) in [6.45, 7) is 1.05. The van der Waals surface area contributed by atoms with Crippen molar-refractivity contribution in [2.45, 2.75) is 24.6 Å². The molecule has 0 spiro atoms. The van der Waals surface area contributed by atoms with Gasteiger partial charge < -0.3 is 20.5 Å². The topological polar surface area (TPSA) is 70.6 Å². The van der Waals surface area contributed by atoms with Gasteiger partial charge in [0.15, 0.2) is 0 Å². The third kappa shape index (κ3) is 3.47. The van der Waals surface area contributed by atoms with Crippen LogP contribution in [-0.2, 0) is 9.53 Å². The summed E-state index contributed by atoms with van der Waals surface area (Å²) < 4.78 is 33.0. The molecule has 3 N–H and O–H groups in total. The van der Waals surface area contributed by atoms with Crippen LogP contribution in [0.3, 0.4) is 0 Å². The Balaban J connectivity index is 1.81. The van der Waals surface area contributed by atoms with Gasteiger partial charge in [0, 0.05) is 18.0 Å². The number of nitrogens with one attached hydrogen (secondary N) is 2. The van der Waals surface area contributed by atoms with Crippen LogP contribution in [0.5, 0.6) is 0 Å². The highest BCUT2D eigenvalue weighted by molar-refractivity contribution is 6.30. The van der Waals surface area contributed by atoms with Gasteiger partial charge in [0.1, 0.15) is 11.6 Å². The van der Waals surface area contributed by atoms with Crippen LogP contribution in [0.1, 0.15) is 18.0 Å². The molecule has 2 aliphatic heterocycles. The molecule has 2 saturated heterocycles. The number of aliphatic hydroxyl groups excluding tert-OH is 1. The van der Waals surface area contributed by atoms with E-state index in [4.69, 9.17) is 16.3 Å². The standard InChI is InChI=1S/C15H17ClF2N2O3/c16-10-3-11(17)9(2-12(10)18)14(7-5-23-6-7)20-15(22)13-1-8(21)4-19-13/h2-3,7-8,13-14,19,21H,1,4-6H2,(H,20,22)/t8-,13?,14+/m0/s1. The molecule has 1 unspecified atom stereocenters. The van der Waals surface area contributed by atoms with Crippen LogP contribution >= 0.6 is 11.6 Å². The van der Waals surface area contributed by atoms with E-state index in [1.54, 1.807) is 0 Å². The van der Waals surface area contributed by atoms with Crippen molar-refractivity contribution in [3.8, 4) is 0 Å². The van der Waals surface area contributed by atoms with Crippen molar-refractivity contribution in [3.63, 3.8) is 0 Å². The summed E-state index contributed by atoms with van der Waals surface area (Å²) in [4.78, 5) is 12.3. The number of hydrogen-bond acceptors (Lipinski definition) is 4. The van der Waals surface area contributed by atoms with Gasteiger partial charge in [0.05, 0.1) is 36.4 Å². The van der Waals surface area contributed by atoms with Crippen molar-refractivity contribution in [2.24, 2.45) is 5.92 Å². The number of aliphatic hydroxyl groups is 1. The lowest BCUT2D eigenvalue weighted by atomic mass is 9.90. The van der Waals surface area contributed by atoms with Gasteiger partial charge >= 0.3 is 0 Å². The number of halogens is 3. The molecule has 0 radical (unpaired) electrons. The predicted molar refractivity (Wildman–Crippen MR) is 79.0 cm³/mol. The maximum absolute atomic E-state index is 14.2. The Morgan fingerprint density at radius 1 is 1.39 bits per heavy atom. The normalized spacial score (nSPS) is 25.9. The summed E-state index contributed by atoms with van der Waals surface area (Å²) in [5.74, 6) is -1.90. The van der Waals surface area contributed by atoms with Crippen molar-refractivity contribution in [3.05, 3.63) is 34.4 Å². The van der Waals surface area contributed by atoms with E-state index in [1.807, 2.05) is 0 Å². The number of carbonyl (C=O) groups excluding carboxylic acids is 1. The highest BCUT2D eigenvalue weighted by Crippen LogP contribution is 2.32. The minimum atomic E-state index is -0.739. The number of benzene rings is 1. The van der Waals surface area contributed by atoms with E-state index in [-0.39, 0.29) is 28.8 Å². The largest absolute Gasteiger partial charge is 0.392 e. The van der Waals surface area contributed by atoms with Crippen LogP contribution < -0.4 is 10.6 Å². The van der Waals surface area contributed by atoms with E-state index >= 15 is 0 Å². The van der Waals surface area contributed by atoms with Crippen LogP contribution in [0.4, 0.5) is 8.78 Å². The molecule has 3 rings (SSSR count). The first-order chi connectivity index (χ1) is 11.0. The van der Waals surface area contributed by atoms with E-state index in [0.717, 1.165) is 12.1 Å². The second kappa shape index (κ2) is 6.68. The highest BCUT2D eigenvalue weighted by atomic mass is 35.5. The van der Waals surface area contributed by atoms with E-state index in [2.05, 4.69) is 10.6 Å². The molecule has 0 aromatic heterocycles. The van der Waals surface area contributed by atoms with Crippen LogP contribution in [0, 0.1) is 17.6 Å². The molecular weight excluding hydrogens is 330 g/mol. The van der Waals surface area contributed by atoms with Gasteiger partial charge in [-0.1, -0.05) is 11.6 Å². The fourth-order valence-corrected chi connectivity index (χ4v) is 2.99. The van der Waals surface area contributed by atoms with E-state index < -0.39 is 29.8 Å². The molecule has 0 saturated carbocycles. The third-order valence-corrected chi connectivity index (χ3v) is 4.52. The lowest BCUT2D eigenvalue weighted by Gasteiger charge is -2.35. The zero-order valence-electron chi connectivity index (χ0n) is 12.2. The maximum atomic E-state index is 14.2. The number of amides is 1. The lowest BCUT2D eigenvalue weighted by Crippen LogP contribution is -2.48. The Labute approximate surface area is 137 Å². The average molecular weight is 347 g/mol. The van der Waals surface area contributed by atoms with Gasteiger partial charge in [-0.2, -0.15) is 0 Å². The molecular formula is C15H17ClF2N2O3. The molecule has 1 aromatic carbocycles. The minimum Gasteiger partial charge on any atom is -0.392 e. The summed E-state index contributed by atoms with van der Waals surface area (Å²) in [6, 6.07) is 0.664. The first-order valence-electron chi connectivity index (χ1n) is 7.39. The maximum Gasteiger partial charge on any atom is 0.237 e. The van der Waals surface area contributed by atoms with E-state index in [9.17, 15) is 18.7 Å². The Bertz CT molecular complexity index is 613. The minimum absolute atomic E-state index is 0.0482. The molecule has 8 heteroatoms. The molecule has 3 atom stereocenters. The Kier molecular flexibility index (Phi) is 4.82. The van der Waals surface area contributed by atoms with Crippen molar-refractivity contribution < 1.29 is 23.4 Å². The van der Waals surface area contributed by atoms with Gasteiger partial charge in [0.25, 0.3) is 0 Å². The quantitative estimate of drug-likeness (QED) is 0.715. The van der Waals surface area contributed by atoms with E-state index in [1.165, 1.54) is 0 Å². The third-order valence-electron chi connectivity index (χ3n) is 4.23. The fraction of sp³-hybridized carbons (Fsp3) is 0.533. The molecule has 23 heavy (non-hydrogen) atoms. The second-order valence-electron chi connectivity index (χ2n) is 5.92. The summed E-state index contributed by atoms with van der Waals surface area (Å²) >= 11 is 5.58. The molecule has 126 valence electrons. The number of β-amino-alcohol motifs (C(OH)–C–C–N with tert-alkyl or cyclic N) is 1. The summed E-state index contributed by atoms with van der Waals surface area (Å²) in [5.41, 5.74) is 0.0482. The Hall–Kier alpha value is -1.28. The summed E-state index contributed by atoms with van der Waals surface area (Å²) in [6.07, 6.45) is -0.294. The van der Waals surface area contributed by atoms with Crippen molar-refractivity contribution in [1.29, 1.82) is 0 Å². The first kappa shape index (κ1) is 16.6. The number of hydrogen-bond donors (Lipinski definition) is 3. The zero-order chi connectivity index (χ0) is 16.6. The molecule has 2 heterocycles. The molecule has 0 aliphatic carbocycles. The summed E-state index contributed by atoms with van der Waals surface area (Å²) in [5, 5.41) is 14.8. The van der Waals surface area contributed by atoms with Gasteiger partial charge in [-0.15, -0.1) is 0 Å². The first-order valence-corrected chi connectivity index (χ1v) is 7.77. The van der Waals surface area contributed by atoms with Crippen molar-refractivity contribution >= 4 is 17.5 Å². The molecule has 2 fully saturated rings.